The first-order valence-corrected chi connectivity index (χ1v) is 13.1. The second kappa shape index (κ2) is 9.10. The zero-order valence-corrected chi connectivity index (χ0v) is 21.1. The minimum Gasteiger partial charge on any atom is -0.433 e. The van der Waals surface area contributed by atoms with Crippen molar-refractivity contribution in [2.24, 2.45) is 0 Å². The second-order valence-electron chi connectivity index (χ2n) is 8.88. The number of carbonyl (C=O) groups is 4. The van der Waals surface area contributed by atoms with Gasteiger partial charge in [-0.1, -0.05) is 29.8 Å². The molecule has 36 heavy (non-hydrogen) atoms. The largest absolute Gasteiger partial charge is 0.433 e. The molecule has 1 unspecified atom stereocenters. The van der Waals surface area contributed by atoms with E-state index in [1.54, 1.807) is 12.1 Å². The van der Waals surface area contributed by atoms with Crippen molar-refractivity contribution >= 4 is 62.5 Å². The van der Waals surface area contributed by atoms with Gasteiger partial charge >= 0.3 is 6.09 Å². The number of halogens is 1. The number of rotatable bonds is 6. The first-order chi connectivity index (χ1) is 16.8. The lowest BCUT2D eigenvalue weighted by Gasteiger charge is -2.28. The number of sulfonamides is 1. The highest BCUT2D eigenvalue weighted by Crippen LogP contribution is 2.32. The molecule has 1 atom stereocenters. The standard InChI is InChI=1S/C23H23ClN4O7S/c1-23(2)21(31)28(22(32)35-23)18(20(30)27-11-10-13-6-4-5-7-17(13)27)19(29)25-16-12-14(8-9-15(16)24)26-36(3,33)34/h4-9,12,18,26H,10-11H2,1-3H3,(H,25,29). The molecular weight excluding hydrogens is 512 g/mol. The van der Waals surface area contributed by atoms with Gasteiger partial charge in [-0.25, -0.2) is 18.1 Å². The molecule has 0 spiro atoms. The van der Waals surface area contributed by atoms with Crippen LogP contribution in [0, 0.1) is 0 Å². The van der Waals surface area contributed by atoms with Crippen LogP contribution in [0.2, 0.25) is 5.02 Å². The molecule has 1 fully saturated rings. The monoisotopic (exact) mass is 534 g/mol. The lowest BCUT2D eigenvalue weighted by molar-refractivity contribution is -0.143. The maximum absolute atomic E-state index is 13.7. The Morgan fingerprint density at radius 1 is 1.14 bits per heavy atom. The number of carbonyl (C=O) groups excluding carboxylic acids is 4. The topological polar surface area (TPSA) is 142 Å². The minimum absolute atomic E-state index is 0.0331. The van der Waals surface area contributed by atoms with E-state index in [2.05, 4.69) is 10.0 Å². The number of amides is 4. The quantitative estimate of drug-likeness (QED) is 0.542. The number of nitrogens with zero attached hydrogens (tertiary/aromatic N) is 2. The van der Waals surface area contributed by atoms with Gasteiger partial charge in [0.2, 0.25) is 16.1 Å². The highest BCUT2D eigenvalue weighted by molar-refractivity contribution is 7.92. The van der Waals surface area contributed by atoms with Crippen LogP contribution in [0.3, 0.4) is 0 Å². The Morgan fingerprint density at radius 2 is 1.83 bits per heavy atom. The van der Waals surface area contributed by atoms with Crippen molar-refractivity contribution in [3.8, 4) is 0 Å². The molecule has 2 aliphatic heterocycles. The fourth-order valence-corrected chi connectivity index (χ4v) is 4.78. The molecule has 0 aliphatic carbocycles. The Morgan fingerprint density at radius 3 is 2.47 bits per heavy atom. The Labute approximate surface area is 212 Å². The minimum atomic E-state index is -3.63. The number of hydrogen-bond donors (Lipinski definition) is 2. The summed E-state index contributed by atoms with van der Waals surface area (Å²) in [6.45, 7) is 2.96. The fourth-order valence-electron chi connectivity index (χ4n) is 4.06. The van der Waals surface area contributed by atoms with Gasteiger partial charge in [-0.2, -0.15) is 0 Å². The third-order valence-electron chi connectivity index (χ3n) is 5.69. The molecule has 11 nitrogen and oxygen atoms in total. The molecule has 2 aromatic rings. The van der Waals surface area contributed by atoms with Gasteiger partial charge in [0.15, 0.2) is 5.60 Å². The third-order valence-corrected chi connectivity index (χ3v) is 6.63. The van der Waals surface area contributed by atoms with Gasteiger partial charge in [-0.3, -0.25) is 19.1 Å². The molecule has 0 aromatic heterocycles. The van der Waals surface area contributed by atoms with Crippen molar-refractivity contribution in [2.45, 2.75) is 31.9 Å². The number of imide groups is 1. The van der Waals surface area contributed by atoms with Gasteiger partial charge in [0, 0.05) is 12.2 Å². The van der Waals surface area contributed by atoms with Crippen LogP contribution in [0.25, 0.3) is 0 Å². The van der Waals surface area contributed by atoms with E-state index in [1.807, 2.05) is 12.1 Å². The van der Waals surface area contributed by atoms with E-state index in [0.717, 1.165) is 11.8 Å². The van der Waals surface area contributed by atoms with Crippen LogP contribution in [0.5, 0.6) is 0 Å². The summed E-state index contributed by atoms with van der Waals surface area (Å²) in [6, 6.07) is 9.18. The highest BCUT2D eigenvalue weighted by Gasteiger charge is 2.55. The first kappa shape index (κ1) is 25.5. The van der Waals surface area contributed by atoms with Crippen LogP contribution in [0.1, 0.15) is 19.4 Å². The summed E-state index contributed by atoms with van der Waals surface area (Å²) in [6.07, 6.45) is 0.351. The average Bonchev–Trinajstić information content (AvgIpc) is 3.29. The normalized spacial score (nSPS) is 17.4. The Hall–Kier alpha value is -3.64. The van der Waals surface area contributed by atoms with Crippen LogP contribution in [-0.4, -0.2) is 61.6 Å². The van der Waals surface area contributed by atoms with Crippen molar-refractivity contribution in [2.75, 3.05) is 27.7 Å². The molecule has 4 rings (SSSR count). The van der Waals surface area contributed by atoms with E-state index in [0.29, 0.717) is 17.0 Å². The number of ether oxygens (including phenoxy) is 1. The van der Waals surface area contributed by atoms with Crippen LogP contribution < -0.4 is 14.9 Å². The van der Waals surface area contributed by atoms with E-state index in [9.17, 15) is 27.6 Å². The average molecular weight is 535 g/mol. The first-order valence-electron chi connectivity index (χ1n) is 10.8. The maximum Gasteiger partial charge on any atom is 0.418 e. The summed E-state index contributed by atoms with van der Waals surface area (Å²) in [5, 5.41) is 2.49. The molecule has 190 valence electrons. The number of nitrogens with one attached hydrogen (secondary N) is 2. The van der Waals surface area contributed by atoms with E-state index in [1.165, 1.54) is 36.9 Å². The molecule has 2 N–H and O–H groups in total. The van der Waals surface area contributed by atoms with Gasteiger partial charge in [-0.05, 0) is 50.1 Å². The smallest absolute Gasteiger partial charge is 0.418 e. The van der Waals surface area contributed by atoms with Crippen LogP contribution in [0.4, 0.5) is 21.9 Å². The van der Waals surface area contributed by atoms with Gasteiger partial charge < -0.3 is 15.0 Å². The molecule has 0 radical (unpaired) electrons. The lowest BCUT2D eigenvalue weighted by Crippen LogP contribution is -2.57. The molecule has 2 aromatic carbocycles. The van der Waals surface area contributed by atoms with Gasteiger partial charge in [0.1, 0.15) is 0 Å². The van der Waals surface area contributed by atoms with E-state index < -0.39 is 45.5 Å². The molecule has 0 bridgehead atoms. The predicted octanol–water partition coefficient (Wildman–Crippen LogP) is 2.37. The van der Waals surface area contributed by atoms with E-state index in [-0.39, 0.29) is 22.9 Å². The molecule has 2 aliphatic rings. The molecule has 4 amide bonds. The predicted molar refractivity (Wildman–Crippen MR) is 132 cm³/mol. The molecular formula is C23H23ClN4O7S. The van der Waals surface area contributed by atoms with Crippen LogP contribution in [-0.2, 0) is 35.6 Å². The number of anilines is 3. The maximum atomic E-state index is 13.7. The molecule has 1 saturated heterocycles. The van der Waals surface area contributed by atoms with E-state index >= 15 is 0 Å². The van der Waals surface area contributed by atoms with Crippen molar-refractivity contribution in [3.63, 3.8) is 0 Å². The summed E-state index contributed by atoms with van der Waals surface area (Å²) in [7, 11) is -3.63. The number of cyclic esters (lactones) is 1. The SMILES string of the molecule is CC1(C)OC(=O)N(C(C(=O)Nc2cc(NS(C)(=O)=O)ccc2Cl)C(=O)N2CCc3ccccc32)C1=O. The number of fused-ring (bicyclic) bond motifs is 1. The molecule has 13 heteroatoms. The van der Waals surface area contributed by atoms with Crippen molar-refractivity contribution < 1.29 is 32.3 Å². The van der Waals surface area contributed by atoms with Crippen molar-refractivity contribution in [1.82, 2.24) is 4.90 Å². The molecule has 0 saturated carbocycles. The number of hydrogen-bond acceptors (Lipinski definition) is 7. The lowest BCUT2D eigenvalue weighted by atomic mass is 10.1. The van der Waals surface area contributed by atoms with Crippen LogP contribution >= 0.6 is 11.6 Å². The zero-order chi connectivity index (χ0) is 26.4. The number of benzene rings is 2. The van der Waals surface area contributed by atoms with Gasteiger partial charge in [-0.15, -0.1) is 0 Å². The Kier molecular flexibility index (Phi) is 6.43. The van der Waals surface area contributed by atoms with Gasteiger partial charge in [0.05, 0.1) is 22.7 Å². The summed E-state index contributed by atoms with van der Waals surface area (Å²) in [4.78, 5) is 54.7. The number of para-hydroxylation sites is 1. The summed E-state index contributed by atoms with van der Waals surface area (Å²) >= 11 is 6.19. The zero-order valence-electron chi connectivity index (χ0n) is 19.6. The molecule has 2 heterocycles. The fraction of sp³-hybridized carbons (Fsp3) is 0.304. The van der Waals surface area contributed by atoms with Crippen molar-refractivity contribution in [3.05, 3.63) is 53.1 Å². The summed E-state index contributed by atoms with van der Waals surface area (Å²) < 4.78 is 30.6. The third kappa shape index (κ3) is 4.86. The van der Waals surface area contributed by atoms with E-state index in [4.69, 9.17) is 16.3 Å². The summed E-state index contributed by atoms with van der Waals surface area (Å²) in [5.74, 6) is -2.68. The van der Waals surface area contributed by atoms with Crippen LogP contribution in [0.15, 0.2) is 42.5 Å². The van der Waals surface area contributed by atoms with Gasteiger partial charge in [0.25, 0.3) is 17.7 Å². The Balaban J connectivity index is 1.71. The summed E-state index contributed by atoms with van der Waals surface area (Å²) in [5.41, 5.74) is -0.0590. The van der Waals surface area contributed by atoms with Crippen molar-refractivity contribution in [1.29, 1.82) is 0 Å². The second-order valence-corrected chi connectivity index (χ2v) is 11.0. The highest BCUT2D eigenvalue weighted by atomic mass is 35.5. The Bertz CT molecular complexity index is 1390.